The van der Waals surface area contributed by atoms with Crippen LogP contribution in [0, 0.1) is 10.8 Å². The van der Waals surface area contributed by atoms with Crippen LogP contribution in [0.1, 0.15) is 54.9 Å². The zero-order valence-corrected chi connectivity index (χ0v) is 18.3. The first-order chi connectivity index (χ1) is 11.7. The van der Waals surface area contributed by atoms with Gasteiger partial charge in [0.05, 0.1) is 18.9 Å². The van der Waals surface area contributed by atoms with Crippen LogP contribution in [0.4, 0.5) is 0 Å². The summed E-state index contributed by atoms with van der Waals surface area (Å²) in [4.78, 5) is 7.25. The molecule has 2 heterocycles. The molecule has 150 valence electrons. The molecule has 0 radical (unpaired) electrons. The summed E-state index contributed by atoms with van der Waals surface area (Å²) < 4.78 is 26.0. The summed E-state index contributed by atoms with van der Waals surface area (Å²) in [5.74, 6) is 1.02. The summed E-state index contributed by atoms with van der Waals surface area (Å²) in [6.45, 7) is 15.7. The van der Waals surface area contributed by atoms with E-state index in [9.17, 15) is 13.5 Å². The highest BCUT2D eigenvalue weighted by Crippen LogP contribution is 2.43. The molecular formula is C19H35N3O3S. The topological polar surface area (TPSA) is 73.2 Å². The van der Waals surface area contributed by atoms with Gasteiger partial charge in [-0.25, -0.2) is 8.42 Å². The van der Waals surface area contributed by atoms with Gasteiger partial charge in [-0.2, -0.15) is 4.31 Å². The van der Waals surface area contributed by atoms with E-state index in [-0.39, 0.29) is 36.1 Å². The number of amidine groups is 1. The van der Waals surface area contributed by atoms with E-state index in [1.165, 1.54) is 21.8 Å². The van der Waals surface area contributed by atoms with Crippen LogP contribution in [0.5, 0.6) is 0 Å². The highest BCUT2D eigenvalue weighted by atomic mass is 32.2. The Morgan fingerprint density at radius 3 is 2.19 bits per heavy atom. The fraction of sp³-hybridized carbons (Fsp3) is 0.842. The smallest absolute Gasteiger partial charge is 0.211 e. The number of fused-ring (bicyclic) bond motifs is 1. The second-order valence-corrected chi connectivity index (χ2v) is 11.5. The number of aliphatic hydroxyl groups excluding tert-OH is 1. The van der Waals surface area contributed by atoms with Crippen molar-refractivity contribution in [2.75, 3.05) is 26.0 Å². The van der Waals surface area contributed by atoms with Crippen LogP contribution < -0.4 is 0 Å². The van der Waals surface area contributed by atoms with E-state index in [4.69, 9.17) is 4.99 Å². The molecule has 7 heteroatoms. The third-order valence-corrected chi connectivity index (χ3v) is 6.41. The van der Waals surface area contributed by atoms with Crippen molar-refractivity contribution < 1.29 is 13.5 Å². The average Bonchev–Trinajstić information content (AvgIpc) is 2.83. The van der Waals surface area contributed by atoms with Crippen LogP contribution in [0.25, 0.3) is 0 Å². The zero-order chi connectivity index (χ0) is 20.1. The van der Waals surface area contributed by atoms with E-state index in [2.05, 4.69) is 53.4 Å². The Balaban J connectivity index is 2.54. The lowest BCUT2D eigenvalue weighted by Gasteiger charge is -2.41. The van der Waals surface area contributed by atoms with Crippen molar-refractivity contribution in [3.8, 4) is 0 Å². The third kappa shape index (κ3) is 4.15. The lowest BCUT2D eigenvalue weighted by atomic mass is 9.79. The van der Waals surface area contributed by atoms with Crippen LogP contribution in [0.15, 0.2) is 16.3 Å². The average molecular weight is 386 g/mol. The molecule has 0 unspecified atom stereocenters. The second-order valence-electron chi connectivity index (χ2n) is 9.55. The van der Waals surface area contributed by atoms with Gasteiger partial charge in [-0.3, -0.25) is 4.99 Å². The summed E-state index contributed by atoms with van der Waals surface area (Å²) in [7, 11) is -3.39. The molecule has 2 atom stereocenters. The molecule has 0 aromatic carbocycles. The number of hydrogen-bond acceptors (Lipinski definition) is 5. The number of aliphatic hydroxyl groups is 1. The summed E-state index contributed by atoms with van der Waals surface area (Å²) in [5, 5.41) is 9.37. The molecule has 6 nitrogen and oxygen atoms in total. The van der Waals surface area contributed by atoms with Gasteiger partial charge in [-0.1, -0.05) is 41.5 Å². The molecule has 0 aromatic heterocycles. The van der Waals surface area contributed by atoms with Crippen molar-refractivity contribution in [3.63, 3.8) is 0 Å². The van der Waals surface area contributed by atoms with Crippen molar-refractivity contribution in [1.29, 1.82) is 0 Å². The second kappa shape index (κ2) is 6.91. The van der Waals surface area contributed by atoms with Gasteiger partial charge in [0.25, 0.3) is 0 Å². The minimum absolute atomic E-state index is 0.0400. The predicted molar refractivity (Wildman–Crippen MR) is 107 cm³/mol. The van der Waals surface area contributed by atoms with E-state index in [1.807, 2.05) is 0 Å². The minimum Gasteiger partial charge on any atom is -0.395 e. The Labute approximate surface area is 159 Å². The fourth-order valence-electron chi connectivity index (χ4n) is 4.32. The molecule has 26 heavy (non-hydrogen) atoms. The van der Waals surface area contributed by atoms with Gasteiger partial charge in [0.15, 0.2) is 0 Å². The van der Waals surface area contributed by atoms with Crippen molar-refractivity contribution in [3.05, 3.63) is 11.3 Å². The van der Waals surface area contributed by atoms with Crippen molar-refractivity contribution in [2.24, 2.45) is 15.8 Å². The van der Waals surface area contributed by atoms with E-state index >= 15 is 0 Å². The fourth-order valence-corrected chi connectivity index (χ4v) is 5.41. The molecule has 2 aliphatic rings. The van der Waals surface area contributed by atoms with Crippen molar-refractivity contribution in [1.82, 2.24) is 9.21 Å². The number of sulfonamides is 1. The first-order valence-electron chi connectivity index (χ1n) is 9.35. The Bertz CT molecular complexity index is 711. The van der Waals surface area contributed by atoms with Crippen LogP contribution in [-0.4, -0.2) is 66.6 Å². The Hall–Kier alpha value is -0.920. The Morgan fingerprint density at radius 1 is 1.19 bits per heavy atom. The molecule has 1 fully saturated rings. The lowest BCUT2D eigenvalue weighted by molar-refractivity contribution is 0.228. The first kappa shape index (κ1) is 21.4. The lowest BCUT2D eigenvalue weighted by Crippen LogP contribution is -2.46. The van der Waals surface area contributed by atoms with Gasteiger partial charge >= 0.3 is 0 Å². The highest BCUT2D eigenvalue weighted by Gasteiger charge is 2.45. The Morgan fingerprint density at radius 2 is 1.77 bits per heavy atom. The van der Waals surface area contributed by atoms with Crippen molar-refractivity contribution >= 4 is 15.9 Å². The third-order valence-electron chi connectivity index (χ3n) is 5.08. The van der Waals surface area contributed by atoms with Gasteiger partial charge in [0, 0.05) is 36.7 Å². The van der Waals surface area contributed by atoms with E-state index in [0.717, 1.165) is 5.84 Å². The summed E-state index contributed by atoms with van der Waals surface area (Å²) >= 11 is 0. The normalized spacial score (nSPS) is 25.0. The maximum absolute atomic E-state index is 12.3. The molecule has 2 rings (SSSR count). The standard InChI is InChI=1S/C19H35N3O3S/c1-13-16(18(2,3)4)15-11-14(22(9-10-23)26(8,24)25)12-21(15)17(20-13)19(5,6)7/h13-14,23H,9-12H2,1-8H3/t13-,14-/m0/s1. The van der Waals surface area contributed by atoms with Crippen LogP contribution in [0.2, 0.25) is 0 Å². The van der Waals surface area contributed by atoms with E-state index < -0.39 is 10.0 Å². The molecule has 0 aliphatic carbocycles. The number of nitrogens with zero attached hydrogens (tertiary/aromatic N) is 3. The zero-order valence-electron chi connectivity index (χ0n) is 17.5. The highest BCUT2D eigenvalue weighted by molar-refractivity contribution is 7.88. The molecule has 1 N–H and O–H groups in total. The summed E-state index contributed by atoms with van der Waals surface area (Å²) in [5.41, 5.74) is 2.33. The summed E-state index contributed by atoms with van der Waals surface area (Å²) in [6, 6.07) is -0.0962. The van der Waals surface area contributed by atoms with Gasteiger partial charge in [0.1, 0.15) is 5.84 Å². The molecule has 2 aliphatic heterocycles. The Kier molecular flexibility index (Phi) is 5.68. The molecule has 0 spiro atoms. The molecule has 0 amide bonds. The van der Waals surface area contributed by atoms with Crippen LogP contribution in [0.3, 0.4) is 0 Å². The summed E-state index contributed by atoms with van der Waals surface area (Å²) in [6.07, 6.45) is 1.89. The molecular weight excluding hydrogens is 350 g/mol. The van der Waals surface area contributed by atoms with Crippen LogP contribution >= 0.6 is 0 Å². The molecule has 0 aromatic rings. The van der Waals surface area contributed by atoms with E-state index in [0.29, 0.717) is 13.0 Å². The van der Waals surface area contributed by atoms with Crippen LogP contribution in [-0.2, 0) is 10.0 Å². The number of hydrogen-bond donors (Lipinski definition) is 1. The minimum atomic E-state index is -3.39. The van der Waals surface area contributed by atoms with Gasteiger partial charge in [-0.15, -0.1) is 0 Å². The number of aliphatic imine (C=N–C) groups is 1. The molecule has 1 saturated heterocycles. The molecule has 0 bridgehead atoms. The molecule has 0 saturated carbocycles. The first-order valence-corrected chi connectivity index (χ1v) is 11.2. The van der Waals surface area contributed by atoms with Gasteiger partial charge < -0.3 is 10.0 Å². The quantitative estimate of drug-likeness (QED) is 0.807. The van der Waals surface area contributed by atoms with Crippen molar-refractivity contribution in [2.45, 2.75) is 67.0 Å². The maximum atomic E-state index is 12.3. The predicted octanol–water partition coefficient (Wildman–Crippen LogP) is 2.46. The van der Waals surface area contributed by atoms with E-state index in [1.54, 1.807) is 0 Å². The monoisotopic (exact) mass is 385 g/mol. The largest absolute Gasteiger partial charge is 0.395 e. The van der Waals surface area contributed by atoms with Gasteiger partial charge in [0.2, 0.25) is 10.0 Å². The SMILES string of the molecule is C[C@@H]1N=C(C(C)(C)C)N2C[C@@H](N(CCO)S(C)(=O)=O)CC2=C1C(C)(C)C. The maximum Gasteiger partial charge on any atom is 0.211 e. The van der Waals surface area contributed by atoms with Gasteiger partial charge in [-0.05, 0) is 17.9 Å². The number of rotatable bonds is 4.